The van der Waals surface area contributed by atoms with Gasteiger partial charge in [0.25, 0.3) is 5.91 Å². The van der Waals surface area contributed by atoms with Crippen LogP contribution >= 0.6 is 11.3 Å². The van der Waals surface area contributed by atoms with Crippen LogP contribution in [-0.2, 0) is 6.54 Å². The molecule has 0 radical (unpaired) electrons. The van der Waals surface area contributed by atoms with E-state index < -0.39 is 0 Å². The van der Waals surface area contributed by atoms with Crippen molar-refractivity contribution in [1.82, 2.24) is 15.0 Å². The molecule has 2 aromatic heterocycles. The van der Waals surface area contributed by atoms with Crippen molar-refractivity contribution in [2.24, 2.45) is 0 Å². The normalized spacial score (nSPS) is 16.2. The van der Waals surface area contributed by atoms with Gasteiger partial charge in [-0.15, -0.1) is 11.3 Å². The summed E-state index contributed by atoms with van der Waals surface area (Å²) >= 11 is 1.59. The van der Waals surface area contributed by atoms with Crippen molar-refractivity contribution in [2.45, 2.75) is 27.3 Å². The van der Waals surface area contributed by atoms with Crippen LogP contribution in [0.15, 0.2) is 16.7 Å². The molecule has 1 aliphatic heterocycles. The first kappa shape index (κ1) is 15.2. The Morgan fingerprint density at radius 3 is 2.50 bits per heavy atom. The number of amides is 1. The lowest BCUT2D eigenvalue weighted by molar-refractivity contribution is 0.0622. The SMILES string of the molecule is Cc1cc(CN2CCN(C(=O)c3cc(C)c(C)s3)CC2)on1. The van der Waals surface area contributed by atoms with Crippen LogP contribution in [0.5, 0.6) is 0 Å². The molecule has 0 N–H and O–H groups in total. The summed E-state index contributed by atoms with van der Waals surface area (Å²) in [4.78, 5) is 18.9. The van der Waals surface area contributed by atoms with Crippen molar-refractivity contribution < 1.29 is 9.32 Å². The molecule has 0 bridgehead atoms. The molecule has 2 aromatic rings. The lowest BCUT2D eigenvalue weighted by atomic mass is 10.2. The number of thiophene rings is 1. The fraction of sp³-hybridized carbons (Fsp3) is 0.500. The average Bonchev–Trinajstić information content (AvgIpc) is 3.05. The number of rotatable bonds is 3. The van der Waals surface area contributed by atoms with Gasteiger partial charge in [0.2, 0.25) is 0 Å². The highest BCUT2D eigenvalue weighted by Gasteiger charge is 2.24. The Morgan fingerprint density at radius 2 is 1.95 bits per heavy atom. The van der Waals surface area contributed by atoms with E-state index in [-0.39, 0.29) is 5.91 Å². The van der Waals surface area contributed by atoms with Crippen LogP contribution < -0.4 is 0 Å². The van der Waals surface area contributed by atoms with Gasteiger partial charge in [-0.05, 0) is 32.4 Å². The highest BCUT2D eigenvalue weighted by atomic mass is 32.1. The van der Waals surface area contributed by atoms with Gasteiger partial charge in [-0.1, -0.05) is 5.16 Å². The summed E-state index contributed by atoms with van der Waals surface area (Å²) in [6.45, 7) is 10.1. The molecule has 0 aromatic carbocycles. The van der Waals surface area contributed by atoms with Crippen LogP contribution in [0, 0.1) is 20.8 Å². The maximum Gasteiger partial charge on any atom is 0.264 e. The average molecular weight is 319 g/mol. The molecule has 118 valence electrons. The molecule has 0 unspecified atom stereocenters. The Morgan fingerprint density at radius 1 is 1.23 bits per heavy atom. The van der Waals surface area contributed by atoms with Gasteiger partial charge >= 0.3 is 0 Å². The molecule has 3 heterocycles. The first-order valence-corrected chi connectivity index (χ1v) is 8.35. The zero-order valence-corrected chi connectivity index (χ0v) is 14.1. The minimum absolute atomic E-state index is 0.163. The number of aromatic nitrogens is 1. The largest absolute Gasteiger partial charge is 0.360 e. The summed E-state index contributed by atoms with van der Waals surface area (Å²) in [5.74, 6) is 1.05. The minimum Gasteiger partial charge on any atom is -0.360 e. The monoisotopic (exact) mass is 319 g/mol. The van der Waals surface area contributed by atoms with E-state index >= 15 is 0 Å². The topological polar surface area (TPSA) is 49.6 Å². The maximum absolute atomic E-state index is 12.5. The molecule has 0 aliphatic carbocycles. The zero-order chi connectivity index (χ0) is 15.7. The number of carbonyl (C=O) groups is 1. The molecular weight excluding hydrogens is 298 g/mol. The second-order valence-corrected chi connectivity index (χ2v) is 7.11. The number of piperazine rings is 1. The van der Waals surface area contributed by atoms with Gasteiger partial charge in [-0.3, -0.25) is 9.69 Å². The number of aryl methyl sites for hydroxylation is 3. The van der Waals surface area contributed by atoms with Crippen molar-refractivity contribution in [3.63, 3.8) is 0 Å². The highest BCUT2D eigenvalue weighted by molar-refractivity contribution is 7.14. The molecular formula is C16H21N3O2S. The molecule has 1 amide bonds. The molecule has 22 heavy (non-hydrogen) atoms. The zero-order valence-electron chi connectivity index (χ0n) is 13.3. The van der Waals surface area contributed by atoms with Crippen molar-refractivity contribution in [2.75, 3.05) is 26.2 Å². The summed E-state index contributed by atoms with van der Waals surface area (Å²) in [6.07, 6.45) is 0. The second kappa shape index (κ2) is 6.22. The highest BCUT2D eigenvalue weighted by Crippen LogP contribution is 2.22. The second-order valence-electron chi connectivity index (χ2n) is 5.85. The molecule has 6 heteroatoms. The summed E-state index contributed by atoms with van der Waals surface area (Å²) in [6, 6.07) is 3.97. The number of carbonyl (C=O) groups excluding carboxylic acids is 1. The van der Waals surface area contributed by atoms with E-state index in [4.69, 9.17) is 4.52 Å². The summed E-state index contributed by atoms with van der Waals surface area (Å²) < 4.78 is 5.26. The van der Waals surface area contributed by atoms with Gasteiger partial charge in [-0.2, -0.15) is 0 Å². The lowest BCUT2D eigenvalue weighted by Crippen LogP contribution is -2.48. The van der Waals surface area contributed by atoms with Crippen molar-refractivity contribution in [3.05, 3.63) is 38.9 Å². The smallest absolute Gasteiger partial charge is 0.264 e. The van der Waals surface area contributed by atoms with Gasteiger partial charge < -0.3 is 9.42 Å². The molecule has 0 saturated carbocycles. The number of nitrogens with zero attached hydrogens (tertiary/aromatic N) is 3. The van der Waals surface area contributed by atoms with Crippen LogP contribution in [0.3, 0.4) is 0 Å². The van der Waals surface area contributed by atoms with Crippen molar-refractivity contribution in [1.29, 1.82) is 0 Å². The third kappa shape index (κ3) is 3.23. The quantitative estimate of drug-likeness (QED) is 0.872. The van der Waals surface area contributed by atoms with E-state index in [0.29, 0.717) is 0 Å². The van der Waals surface area contributed by atoms with E-state index in [0.717, 1.165) is 49.1 Å². The van der Waals surface area contributed by atoms with Gasteiger partial charge in [0.1, 0.15) is 0 Å². The van der Waals surface area contributed by atoms with Crippen LogP contribution in [0.4, 0.5) is 0 Å². The van der Waals surface area contributed by atoms with Crippen LogP contribution in [-0.4, -0.2) is 47.0 Å². The van der Waals surface area contributed by atoms with E-state index in [9.17, 15) is 4.79 Å². The molecule has 0 spiro atoms. The third-order valence-corrected chi connectivity index (χ3v) is 5.23. The molecule has 5 nitrogen and oxygen atoms in total. The number of hydrogen-bond acceptors (Lipinski definition) is 5. The Balaban J connectivity index is 1.56. The predicted octanol–water partition coefficient (Wildman–Crippen LogP) is 2.62. The summed E-state index contributed by atoms with van der Waals surface area (Å²) in [5, 5.41) is 3.91. The summed E-state index contributed by atoms with van der Waals surface area (Å²) in [7, 11) is 0. The van der Waals surface area contributed by atoms with E-state index in [1.165, 1.54) is 10.4 Å². The first-order chi connectivity index (χ1) is 10.5. The predicted molar refractivity (Wildman–Crippen MR) is 86.2 cm³/mol. The van der Waals surface area contributed by atoms with Gasteiger partial charge in [0.05, 0.1) is 17.1 Å². The van der Waals surface area contributed by atoms with Crippen LogP contribution in [0.1, 0.15) is 31.6 Å². The Bertz CT molecular complexity index is 649. The van der Waals surface area contributed by atoms with Gasteiger partial charge in [0, 0.05) is 37.1 Å². The fourth-order valence-electron chi connectivity index (χ4n) is 2.65. The standard InChI is InChI=1S/C16H21N3O2S/c1-11-8-15(22-13(11)3)16(20)19-6-4-18(5-7-19)10-14-9-12(2)17-21-14/h8-9H,4-7,10H2,1-3H3. The van der Waals surface area contributed by atoms with E-state index in [1.807, 2.05) is 24.0 Å². The van der Waals surface area contributed by atoms with Crippen molar-refractivity contribution in [3.8, 4) is 0 Å². The van der Waals surface area contributed by atoms with E-state index in [2.05, 4.69) is 23.9 Å². The molecule has 1 fully saturated rings. The Kier molecular flexibility index (Phi) is 4.31. The Labute approximate surface area is 134 Å². The molecule has 1 aliphatic rings. The lowest BCUT2D eigenvalue weighted by Gasteiger charge is -2.33. The van der Waals surface area contributed by atoms with E-state index in [1.54, 1.807) is 11.3 Å². The fourth-order valence-corrected chi connectivity index (χ4v) is 3.66. The molecule has 3 rings (SSSR count). The van der Waals surface area contributed by atoms with Crippen LogP contribution in [0.25, 0.3) is 0 Å². The van der Waals surface area contributed by atoms with Gasteiger partial charge in [0.15, 0.2) is 5.76 Å². The first-order valence-electron chi connectivity index (χ1n) is 7.54. The number of hydrogen-bond donors (Lipinski definition) is 0. The third-order valence-electron chi connectivity index (χ3n) is 4.09. The molecule has 1 saturated heterocycles. The van der Waals surface area contributed by atoms with Crippen LogP contribution in [0.2, 0.25) is 0 Å². The summed E-state index contributed by atoms with van der Waals surface area (Å²) in [5.41, 5.74) is 2.11. The van der Waals surface area contributed by atoms with Crippen molar-refractivity contribution >= 4 is 17.2 Å². The Hall–Kier alpha value is -1.66. The maximum atomic E-state index is 12.5. The minimum atomic E-state index is 0.163. The molecule has 0 atom stereocenters. The van der Waals surface area contributed by atoms with Gasteiger partial charge in [-0.25, -0.2) is 0 Å².